The number of rotatable bonds is 4. The minimum atomic E-state index is 0.798. The highest BCUT2D eigenvalue weighted by molar-refractivity contribution is 7.13. The average molecular weight is 314 g/mol. The highest BCUT2D eigenvalue weighted by atomic mass is 32.1. The van der Waals surface area contributed by atoms with Gasteiger partial charge in [0, 0.05) is 35.9 Å². The first-order valence-corrected chi connectivity index (χ1v) is 7.83. The fraction of sp³-hybridized carbons (Fsp3) is 0.250. The minimum absolute atomic E-state index is 0.798. The van der Waals surface area contributed by atoms with Crippen LogP contribution in [0.1, 0.15) is 11.1 Å². The third-order valence-corrected chi connectivity index (χ3v) is 4.42. The van der Waals surface area contributed by atoms with E-state index in [4.69, 9.17) is 4.74 Å². The van der Waals surface area contributed by atoms with Crippen molar-refractivity contribution in [2.24, 2.45) is 7.05 Å². The van der Waals surface area contributed by atoms with Gasteiger partial charge in [0.15, 0.2) is 5.82 Å². The summed E-state index contributed by atoms with van der Waals surface area (Å²) in [6, 6.07) is 6.03. The van der Waals surface area contributed by atoms with Crippen LogP contribution < -0.4 is 10.1 Å². The Morgan fingerprint density at radius 1 is 1.27 bits per heavy atom. The topological polar surface area (TPSA) is 52.0 Å². The third-order valence-electron chi connectivity index (χ3n) is 3.63. The molecule has 1 N–H and O–H groups in total. The number of anilines is 2. The summed E-state index contributed by atoms with van der Waals surface area (Å²) in [6.07, 6.45) is 1.80. The first-order valence-electron chi connectivity index (χ1n) is 6.95. The molecule has 0 fully saturated rings. The maximum atomic E-state index is 5.39. The minimum Gasteiger partial charge on any atom is -0.496 e. The Labute approximate surface area is 133 Å². The maximum absolute atomic E-state index is 5.39. The van der Waals surface area contributed by atoms with E-state index in [1.165, 1.54) is 0 Å². The van der Waals surface area contributed by atoms with Gasteiger partial charge in [-0.25, -0.2) is 4.98 Å². The second kappa shape index (κ2) is 5.81. The Balaban J connectivity index is 1.96. The van der Waals surface area contributed by atoms with Crippen LogP contribution in [0, 0.1) is 13.8 Å². The van der Waals surface area contributed by atoms with Crippen LogP contribution in [-0.4, -0.2) is 21.9 Å². The molecular formula is C16H18N4OS. The van der Waals surface area contributed by atoms with Crippen LogP contribution in [0.3, 0.4) is 0 Å². The molecule has 3 aromatic rings. The number of nitrogens with zero attached hydrogens (tertiary/aromatic N) is 3. The standard InChI is InChI=1S/C16H18N4OS/c1-10-5-6-13(21-4)11(2)15(10)18-14-9-12(20(3)19-14)16-17-7-8-22-16/h5-9H,1-4H3,(H,18,19). The van der Waals surface area contributed by atoms with E-state index >= 15 is 0 Å². The summed E-state index contributed by atoms with van der Waals surface area (Å²) >= 11 is 1.60. The molecule has 0 saturated heterocycles. The number of nitrogens with one attached hydrogen (secondary N) is 1. The summed E-state index contributed by atoms with van der Waals surface area (Å²) in [5, 5.41) is 10.9. The smallest absolute Gasteiger partial charge is 0.153 e. The molecule has 2 heterocycles. The van der Waals surface area contributed by atoms with Crippen LogP contribution in [0.25, 0.3) is 10.7 Å². The molecule has 3 rings (SSSR count). The summed E-state index contributed by atoms with van der Waals surface area (Å²) in [4.78, 5) is 4.34. The van der Waals surface area contributed by atoms with Gasteiger partial charge in [0.05, 0.1) is 12.8 Å². The number of hydrogen-bond acceptors (Lipinski definition) is 5. The van der Waals surface area contributed by atoms with Gasteiger partial charge in [-0.2, -0.15) is 5.10 Å². The molecule has 0 aliphatic carbocycles. The first kappa shape index (κ1) is 14.6. The number of aryl methyl sites for hydroxylation is 2. The predicted octanol–water partition coefficient (Wildman–Crippen LogP) is 3.91. The van der Waals surface area contributed by atoms with Crippen LogP contribution in [0.5, 0.6) is 5.75 Å². The zero-order valence-corrected chi connectivity index (χ0v) is 13.9. The third kappa shape index (κ3) is 2.57. The number of methoxy groups -OCH3 is 1. The van der Waals surface area contributed by atoms with Gasteiger partial charge in [0.1, 0.15) is 10.8 Å². The molecule has 22 heavy (non-hydrogen) atoms. The molecule has 5 nitrogen and oxygen atoms in total. The molecule has 0 spiro atoms. The second-order valence-corrected chi connectivity index (χ2v) is 5.98. The highest BCUT2D eigenvalue weighted by Crippen LogP contribution is 2.32. The summed E-state index contributed by atoms with van der Waals surface area (Å²) in [6.45, 7) is 4.11. The van der Waals surface area contributed by atoms with Gasteiger partial charge >= 0.3 is 0 Å². The van der Waals surface area contributed by atoms with Gasteiger partial charge in [-0.05, 0) is 25.5 Å². The molecule has 6 heteroatoms. The molecule has 2 aromatic heterocycles. The van der Waals surface area contributed by atoms with E-state index in [0.29, 0.717) is 0 Å². The van der Waals surface area contributed by atoms with E-state index in [9.17, 15) is 0 Å². The van der Waals surface area contributed by atoms with Crippen LogP contribution in [-0.2, 0) is 7.05 Å². The van der Waals surface area contributed by atoms with Gasteiger partial charge in [-0.3, -0.25) is 4.68 Å². The maximum Gasteiger partial charge on any atom is 0.153 e. The van der Waals surface area contributed by atoms with Crippen molar-refractivity contribution in [3.8, 4) is 16.5 Å². The molecular weight excluding hydrogens is 296 g/mol. The van der Waals surface area contributed by atoms with E-state index in [1.54, 1.807) is 24.6 Å². The molecule has 1 aromatic carbocycles. The lowest BCUT2D eigenvalue weighted by Crippen LogP contribution is -2.00. The summed E-state index contributed by atoms with van der Waals surface area (Å²) in [5.41, 5.74) is 4.25. The molecule has 0 atom stereocenters. The van der Waals surface area contributed by atoms with Gasteiger partial charge in [-0.1, -0.05) is 6.07 Å². The van der Waals surface area contributed by atoms with Gasteiger partial charge in [-0.15, -0.1) is 11.3 Å². The lowest BCUT2D eigenvalue weighted by molar-refractivity contribution is 0.412. The Kier molecular flexibility index (Phi) is 3.85. The van der Waals surface area contributed by atoms with Crippen LogP contribution in [0.2, 0.25) is 0 Å². The number of thiazole rings is 1. The fourth-order valence-corrected chi connectivity index (χ4v) is 3.13. The molecule has 0 aliphatic rings. The van der Waals surface area contributed by atoms with Gasteiger partial charge in [0.25, 0.3) is 0 Å². The van der Waals surface area contributed by atoms with Crippen molar-refractivity contribution in [3.05, 3.63) is 40.9 Å². The van der Waals surface area contributed by atoms with Crippen LogP contribution in [0.4, 0.5) is 11.5 Å². The van der Waals surface area contributed by atoms with E-state index in [2.05, 4.69) is 22.3 Å². The highest BCUT2D eigenvalue weighted by Gasteiger charge is 2.13. The Morgan fingerprint density at radius 3 is 2.77 bits per heavy atom. The van der Waals surface area contributed by atoms with E-state index in [0.717, 1.165) is 39.1 Å². The van der Waals surface area contributed by atoms with Crippen molar-refractivity contribution in [2.75, 3.05) is 12.4 Å². The van der Waals surface area contributed by atoms with E-state index in [-0.39, 0.29) is 0 Å². The van der Waals surface area contributed by atoms with E-state index in [1.807, 2.05) is 42.2 Å². The predicted molar refractivity (Wildman–Crippen MR) is 90.1 cm³/mol. The molecule has 0 unspecified atom stereocenters. The van der Waals surface area contributed by atoms with Crippen molar-refractivity contribution in [1.29, 1.82) is 0 Å². The Hall–Kier alpha value is -2.34. The van der Waals surface area contributed by atoms with E-state index < -0.39 is 0 Å². The van der Waals surface area contributed by atoms with Crippen molar-refractivity contribution in [1.82, 2.24) is 14.8 Å². The number of hydrogen-bond donors (Lipinski definition) is 1. The Bertz CT molecular complexity index is 793. The fourth-order valence-electron chi connectivity index (χ4n) is 2.45. The molecule has 0 aliphatic heterocycles. The second-order valence-electron chi connectivity index (χ2n) is 5.09. The molecule has 0 amide bonds. The monoisotopic (exact) mass is 314 g/mol. The average Bonchev–Trinajstić information content (AvgIpc) is 3.13. The lowest BCUT2D eigenvalue weighted by atomic mass is 10.1. The lowest BCUT2D eigenvalue weighted by Gasteiger charge is -2.13. The van der Waals surface area contributed by atoms with Crippen molar-refractivity contribution < 1.29 is 4.74 Å². The zero-order valence-electron chi connectivity index (χ0n) is 13.0. The normalized spacial score (nSPS) is 10.7. The summed E-state index contributed by atoms with van der Waals surface area (Å²) < 4.78 is 7.23. The number of benzene rings is 1. The zero-order chi connectivity index (χ0) is 15.7. The van der Waals surface area contributed by atoms with Crippen molar-refractivity contribution >= 4 is 22.8 Å². The summed E-state index contributed by atoms with van der Waals surface area (Å²) in [5.74, 6) is 1.66. The van der Waals surface area contributed by atoms with Gasteiger partial charge < -0.3 is 10.1 Å². The Morgan fingerprint density at radius 2 is 2.09 bits per heavy atom. The molecule has 0 radical (unpaired) electrons. The molecule has 0 bridgehead atoms. The van der Waals surface area contributed by atoms with Crippen LogP contribution >= 0.6 is 11.3 Å². The molecule has 0 saturated carbocycles. The largest absolute Gasteiger partial charge is 0.496 e. The summed E-state index contributed by atoms with van der Waals surface area (Å²) in [7, 11) is 3.61. The first-order chi connectivity index (χ1) is 10.6. The number of aromatic nitrogens is 3. The molecule has 114 valence electrons. The number of ether oxygens (including phenoxy) is 1. The van der Waals surface area contributed by atoms with Crippen molar-refractivity contribution in [3.63, 3.8) is 0 Å². The SMILES string of the molecule is COc1ccc(C)c(Nc2cc(-c3nccs3)n(C)n2)c1C. The quantitative estimate of drug-likeness (QED) is 0.793. The van der Waals surface area contributed by atoms with Crippen molar-refractivity contribution in [2.45, 2.75) is 13.8 Å². The van der Waals surface area contributed by atoms with Gasteiger partial charge in [0.2, 0.25) is 0 Å². The van der Waals surface area contributed by atoms with Crippen LogP contribution in [0.15, 0.2) is 29.8 Å².